The van der Waals surface area contributed by atoms with E-state index in [1.54, 1.807) is 12.1 Å². The van der Waals surface area contributed by atoms with Crippen LogP contribution in [0.2, 0.25) is 0 Å². The highest BCUT2D eigenvalue weighted by Gasteiger charge is 1.96. The summed E-state index contributed by atoms with van der Waals surface area (Å²) in [6.45, 7) is 1.88. The molecule has 0 saturated carbocycles. The number of hydrogen-bond donors (Lipinski definition) is 0. The van der Waals surface area contributed by atoms with Crippen LogP contribution in [0.25, 0.3) is 0 Å². The normalized spacial score (nSPS) is 8.90. The van der Waals surface area contributed by atoms with Crippen LogP contribution in [-0.2, 0) is 0 Å². The van der Waals surface area contributed by atoms with Crippen molar-refractivity contribution in [2.24, 2.45) is 0 Å². The Morgan fingerprint density at radius 2 is 2.20 bits per heavy atom. The molecule has 0 N–H and O–H groups in total. The van der Waals surface area contributed by atoms with Crippen molar-refractivity contribution in [3.63, 3.8) is 0 Å². The van der Waals surface area contributed by atoms with Crippen LogP contribution in [-0.4, -0.2) is 0 Å². The minimum absolute atomic E-state index is 0.326. The van der Waals surface area contributed by atoms with Crippen LogP contribution >= 0.6 is 0 Å². The average Bonchev–Trinajstić information content (AvgIpc) is 1.94. The van der Waals surface area contributed by atoms with Crippen molar-refractivity contribution in [1.29, 1.82) is 0 Å². The molecule has 0 nitrogen and oxygen atoms in total. The molecule has 1 aromatic carbocycles. The van der Waals surface area contributed by atoms with Crippen molar-refractivity contribution in [2.75, 3.05) is 0 Å². The van der Waals surface area contributed by atoms with E-state index in [4.69, 9.17) is 6.42 Å². The average molecular weight is 134 g/mol. The van der Waals surface area contributed by atoms with E-state index in [0.29, 0.717) is 5.56 Å². The molecule has 0 radical (unpaired) electrons. The second-order valence-electron chi connectivity index (χ2n) is 2.13. The van der Waals surface area contributed by atoms with Gasteiger partial charge < -0.3 is 0 Å². The van der Waals surface area contributed by atoms with Gasteiger partial charge in [0.25, 0.3) is 0 Å². The third-order valence-electron chi connectivity index (χ3n) is 1.28. The first-order valence-corrected chi connectivity index (χ1v) is 2.97. The summed E-state index contributed by atoms with van der Waals surface area (Å²) < 4.78 is 12.6. The Morgan fingerprint density at radius 3 is 2.70 bits per heavy atom. The lowest BCUT2D eigenvalue weighted by Gasteiger charge is -1.94. The fourth-order valence-electron chi connectivity index (χ4n) is 0.750. The Morgan fingerprint density at radius 1 is 1.50 bits per heavy atom. The standard InChI is InChI=1S/C9H7F/c1-3-8-6-7(2)4-5-9(8)10/h1,4-6H,2H3. The van der Waals surface area contributed by atoms with E-state index < -0.39 is 0 Å². The van der Waals surface area contributed by atoms with Crippen LogP contribution in [0.5, 0.6) is 0 Å². The first-order valence-electron chi connectivity index (χ1n) is 2.97. The number of aryl methyl sites for hydroxylation is 1. The van der Waals surface area contributed by atoms with Gasteiger partial charge in [-0.3, -0.25) is 0 Å². The van der Waals surface area contributed by atoms with Gasteiger partial charge in [-0.1, -0.05) is 12.0 Å². The van der Waals surface area contributed by atoms with E-state index in [-0.39, 0.29) is 5.82 Å². The van der Waals surface area contributed by atoms with E-state index in [0.717, 1.165) is 5.56 Å². The highest BCUT2D eigenvalue weighted by atomic mass is 19.1. The largest absolute Gasteiger partial charge is 0.206 e. The first-order chi connectivity index (χ1) is 4.74. The van der Waals surface area contributed by atoms with Crippen LogP contribution in [0.3, 0.4) is 0 Å². The van der Waals surface area contributed by atoms with Gasteiger partial charge in [0.2, 0.25) is 0 Å². The minimum atomic E-state index is -0.326. The van der Waals surface area contributed by atoms with Gasteiger partial charge in [-0.15, -0.1) is 6.42 Å². The summed E-state index contributed by atoms with van der Waals surface area (Å²) in [5, 5.41) is 0. The van der Waals surface area contributed by atoms with Crippen molar-refractivity contribution in [2.45, 2.75) is 6.92 Å². The lowest BCUT2D eigenvalue weighted by molar-refractivity contribution is 0.624. The Hall–Kier alpha value is -1.29. The van der Waals surface area contributed by atoms with Crippen molar-refractivity contribution < 1.29 is 4.39 Å². The summed E-state index contributed by atoms with van der Waals surface area (Å²) in [4.78, 5) is 0. The molecule has 0 atom stereocenters. The van der Waals surface area contributed by atoms with Crippen LogP contribution < -0.4 is 0 Å². The summed E-state index contributed by atoms with van der Waals surface area (Å²) >= 11 is 0. The Labute approximate surface area is 59.7 Å². The first kappa shape index (κ1) is 6.82. The summed E-state index contributed by atoms with van der Waals surface area (Å²) in [5.41, 5.74) is 1.31. The molecule has 0 aromatic heterocycles. The molecule has 1 aromatic rings. The van der Waals surface area contributed by atoms with E-state index in [9.17, 15) is 4.39 Å². The molecule has 0 fully saturated rings. The number of terminal acetylenes is 1. The van der Waals surface area contributed by atoms with Gasteiger partial charge in [0, 0.05) is 0 Å². The number of benzene rings is 1. The molecule has 0 amide bonds. The quantitative estimate of drug-likeness (QED) is 0.477. The van der Waals surface area contributed by atoms with Crippen molar-refractivity contribution in [3.05, 3.63) is 35.1 Å². The minimum Gasteiger partial charge on any atom is -0.206 e. The van der Waals surface area contributed by atoms with Crippen LogP contribution in [0.1, 0.15) is 11.1 Å². The molecule has 0 unspecified atom stereocenters. The predicted octanol–water partition coefficient (Wildman–Crippen LogP) is 2.12. The maximum atomic E-state index is 12.6. The molecular weight excluding hydrogens is 127 g/mol. The summed E-state index contributed by atoms with van der Waals surface area (Å²) in [5.74, 6) is 1.94. The SMILES string of the molecule is C#Cc1cc(C)ccc1F. The van der Waals surface area contributed by atoms with Crippen molar-refractivity contribution >= 4 is 0 Å². The fraction of sp³-hybridized carbons (Fsp3) is 0.111. The summed E-state index contributed by atoms with van der Waals surface area (Å²) in [6.07, 6.45) is 5.03. The highest BCUT2D eigenvalue weighted by Crippen LogP contribution is 2.07. The van der Waals surface area contributed by atoms with E-state index >= 15 is 0 Å². The summed E-state index contributed by atoms with van der Waals surface area (Å²) in [6, 6.07) is 4.72. The van der Waals surface area contributed by atoms with Crippen molar-refractivity contribution in [3.8, 4) is 12.3 Å². The molecule has 0 heterocycles. The molecule has 10 heavy (non-hydrogen) atoms. The molecule has 50 valence electrons. The van der Waals surface area contributed by atoms with Crippen LogP contribution in [0.15, 0.2) is 18.2 Å². The Balaban J connectivity index is 3.25. The Kier molecular flexibility index (Phi) is 1.73. The lowest BCUT2D eigenvalue weighted by Crippen LogP contribution is -1.83. The number of hydrogen-bond acceptors (Lipinski definition) is 0. The van der Waals surface area contributed by atoms with Crippen LogP contribution in [0, 0.1) is 25.1 Å². The zero-order valence-corrected chi connectivity index (χ0v) is 5.69. The number of rotatable bonds is 0. The maximum Gasteiger partial charge on any atom is 0.138 e. The van der Waals surface area contributed by atoms with Crippen LogP contribution in [0.4, 0.5) is 4.39 Å². The molecule has 1 rings (SSSR count). The predicted molar refractivity (Wildman–Crippen MR) is 39.1 cm³/mol. The molecule has 1 heteroatoms. The zero-order valence-electron chi connectivity index (χ0n) is 5.69. The van der Waals surface area contributed by atoms with Gasteiger partial charge in [-0.05, 0) is 24.6 Å². The third-order valence-corrected chi connectivity index (χ3v) is 1.28. The van der Waals surface area contributed by atoms with Gasteiger partial charge in [-0.25, -0.2) is 4.39 Å². The number of halogens is 1. The molecule has 0 aliphatic rings. The van der Waals surface area contributed by atoms with E-state index in [1.807, 2.05) is 6.92 Å². The highest BCUT2D eigenvalue weighted by molar-refractivity contribution is 5.36. The van der Waals surface area contributed by atoms with E-state index in [1.165, 1.54) is 6.07 Å². The second-order valence-corrected chi connectivity index (χ2v) is 2.13. The van der Waals surface area contributed by atoms with Crippen molar-refractivity contribution in [1.82, 2.24) is 0 Å². The molecular formula is C9H7F. The van der Waals surface area contributed by atoms with Gasteiger partial charge in [0.1, 0.15) is 5.82 Å². The smallest absolute Gasteiger partial charge is 0.138 e. The fourth-order valence-corrected chi connectivity index (χ4v) is 0.750. The summed E-state index contributed by atoms with van der Waals surface area (Å²) in [7, 11) is 0. The zero-order chi connectivity index (χ0) is 7.56. The topological polar surface area (TPSA) is 0 Å². The maximum absolute atomic E-state index is 12.6. The van der Waals surface area contributed by atoms with Gasteiger partial charge in [0.15, 0.2) is 0 Å². The van der Waals surface area contributed by atoms with Gasteiger partial charge in [0.05, 0.1) is 5.56 Å². The molecule has 0 aliphatic carbocycles. The Bertz CT molecular complexity index is 281. The third kappa shape index (κ3) is 1.16. The molecule has 0 bridgehead atoms. The second kappa shape index (κ2) is 2.53. The molecule has 0 spiro atoms. The molecule has 0 saturated heterocycles. The lowest BCUT2D eigenvalue weighted by atomic mass is 10.1. The van der Waals surface area contributed by atoms with E-state index in [2.05, 4.69) is 5.92 Å². The van der Waals surface area contributed by atoms with Gasteiger partial charge >= 0.3 is 0 Å². The molecule has 0 aliphatic heterocycles. The monoisotopic (exact) mass is 134 g/mol. The van der Waals surface area contributed by atoms with Gasteiger partial charge in [-0.2, -0.15) is 0 Å².